The van der Waals surface area contributed by atoms with Crippen LogP contribution in [0.4, 0.5) is 4.79 Å². The highest BCUT2D eigenvalue weighted by molar-refractivity contribution is 5.76. The van der Waals surface area contributed by atoms with E-state index in [-0.39, 0.29) is 31.8 Å². The van der Waals surface area contributed by atoms with E-state index in [1.807, 2.05) is 30.3 Å². The van der Waals surface area contributed by atoms with E-state index in [0.29, 0.717) is 32.2 Å². The fourth-order valence-corrected chi connectivity index (χ4v) is 3.25. The minimum absolute atomic E-state index is 0.0177. The second-order valence-corrected chi connectivity index (χ2v) is 7.25. The van der Waals surface area contributed by atoms with E-state index in [0.717, 1.165) is 18.4 Å². The van der Waals surface area contributed by atoms with Crippen LogP contribution in [-0.2, 0) is 16.1 Å². The lowest BCUT2D eigenvalue weighted by Gasteiger charge is -2.37. The Hall–Kier alpha value is -2.12. The molecule has 1 fully saturated rings. The number of carbonyl (C=O) groups is 2. The topological polar surface area (TPSA) is 108 Å². The molecular weight excluding hydrogens is 348 g/mol. The van der Waals surface area contributed by atoms with Gasteiger partial charge in [-0.2, -0.15) is 0 Å². The molecule has 1 aliphatic carbocycles. The van der Waals surface area contributed by atoms with Gasteiger partial charge in [0.05, 0.1) is 13.2 Å². The average Bonchev–Trinajstić information content (AvgIpc) is 2.71. The molecule has 2 rings (SSSR count). The molecule has 27 heavy (non-hydrogen) atoms. The molecule has 0 spiro atoms. The molecule has 7 nitrogen and oxygen atoms in total. The number of carbonyl (C=O) groups excluding carboxylic acids is 2. The standard InChI is InChI=1S/C20H30N2O5/c23-14-20(15-24)10-8-17(9-11-20)22-18(25)7-4-12-21-19(26)27-13-16-5-2-1-3-6-16/h1-3,5-6,17,23-24H,4,7-15H2,(H,21,26)(H,22,25). The van der Waals surface area contributed by atoms with Crippen LogP contribution in [0.25, 0.3) is 0 Å². The Labute approximate surface area is 160 Å². The number of benzene rings is 1. The van der Waals surface area contributed by atoms with Crippen molar-refractivity contribution in [3.05, 3.63) is 35.9 Å². The van der Waals surface area contributed by atoms with Crippen molar-refractivity contribution >= 4 is 12.0 Å². The number of hydrogen-bond donors (Lipinski definition) is 4. The van der Waals surface area contributed by atoms with Crippen LogP contribution < -0.4 is 10.6 Å². The largest absolute Gasteiger partial charge is 0.445 e. The first kappa shape index (κ1) is 21.2. The van der Waals surface area contributed by atoms with Gasteiger partial charge in [-0.3, -0.25) is 4.79 Å². The van der Waals surface area contributed by atoms with E-state index in [9.17, 15) is 19.8 Å². The molecule has 0 bridgehead atoms. The monoisotopic (exact) mass is 378 g/mol. The predicted molar refractivity (Wildman–Crippen MR) is 101 cm³/mol. The van der Waals surface area contributed by atoms with E-state index in [2.05, 4.69) is 10.6 Å². The van der Waals surface area contributed by atoms with Crippen LogP contribution in [0.1, 0.15) is 44.1 Å². The zero-order valence-electron chi connectivity index (χ0n) is 15.7. The number of alkyl carbamates (subject to hydrolysis) is 1. The van der Waals surface area contributed by atoms with Crippen molar-refractivity contribution < 1.29 is 24.5 Å². The Morgan fingerprint density at radius 2 is 1.78 bits per heavy atom. The van der Waals surface area contributed by atoms with Crippen LogP contribution in [-0.4, -0.2) is 48.0 Å². The SMILES string of the molecule is O=C(CCCNC(=O)OCc1ccccc1)NC1CCC(CO)(CO)CC1. The van der Waals surface area contributed by atoms with Gasteiger partial charge in [0, 0.05) is 24.4 Å². The maximum atomic E-state index is 12.0. The van der Waals surface area contributed by atoms with Crippen LogP contribution in [0.3, 0.4) is 0 Å². The highest BCUT2D eigenvalue weighted by Crippen LogP contribution is 2.35. The van der Waals surface area contributed by atoms with E-state index in [4.69, 9.17) is 4.74 Å². The molecule has 0 unspecified atom stereocenters. The number of nitrogens with one attached hydrogen (secondary N) is 2. The number of amides is 2. The van der Waals surface area contributed by atoms with Crippen LogP contribution >= 0.6 is 0 Å². The van der Waals surface area contributed by atoms with Crippen LogP contribution in [0.5, 0.6) is 0 Å². The Kier molecular flexibility index (Phi) is 8.54. The summed E-state index contributed by atoms with van der Waals surface area (Å²) >= 11 is 0. The van der Waals surface area contributed by atoms with Crippen LogP contribution in [0.2, 0.25) is 0 Å². The van der Waals surface area contributed by atoms with Gasteiger partial charge < -0.3 is 25.6 Å². The van der Waals surface area contributed by atoms with E-state index in [1.165, 1.54) is 0 Å². The molecule has 1 saturated carbocycles. The summed E-state index contributed by atoms with van der Waals surface area (Å²) in [6.07, 6.45) is 3.32. The molecule has 0 radical (unpaired) electrons. The van der Waals surface area contributed by atoms with E-state index in [1.54, 1.807) is 0 Å². The number of rotatable bonds is 9. The van der Waals surface area contributed by atoms with Gasteiger partial charge in [-0.15, -0.1) is 0 Å². The highest BCUT2D eigenvalue weighted by Gasteiger charge is 2.34. The molecule has 0 aromatic heterocycles. The first-order valence-corrected chi connectivity index (χ1v) is 9.52. The first-order chi connectivity index (χ1) is 13.1. The number of ether oxygens (including phenoxy) is 1. The van der Waals surface area contributed by atoms with Gasteiger partial charge in [-0.25, -0.2) is 4.79 Å². The summed E-state index contributed by atoms with van der Waals surface area (Å²) in [7, 11) is 0. The molecule has 150 valence electrons. The van der Waals surface area contributed by atoms with Gasteiger partial charge in [0.15, 0.2) is 0 Å². The fourth-order valence-electron chi connectivity index (χ4n) is 3.25. The predicted octanol–water partition coefficient (Wildman–Crippen LogP) is 1.72. The molecule has 0 aliphatic heterocycles. The summed E-state index contributed by atoms with van der Waals surface area (Å²) in [5.74, 6) is -0.0417. The maximum Gasteiger partial charge on any atom is 0.407 e. The molecule has 1 aromatic rings. The fraction of sp³-hybridized carbons (Fsp3) is 0.600. The smallest absolute Gasteiger partial charge is 0.407 e. The second-order valence-electron chi connectivity index (χ2n) is 7.25. The van der Waals surface area contributed by atoms with Crippen molar-refractivity contribution in [3.63, 3.8) is 0 Å². The van der Waals surface area contributed by atoms with Crippen molar-refractivity contribution in [3.8, 4) is 0 Å². The number of aliphatic hydroxyl groups is 2. The highest BCUT2D eigenvalue weighted by atomic mass is 16.5. The molecule has 1 aromatic carbocycles. The molecule has 1 aliphatic rings. The van der Waals surface area contributed by atoms with Crippen molar-refractivity contribution in [2.45, 2.75) is 51.2 Å². The van der Waals surface area contributed by atoms with Gasteiger partial charge in [-0.05, 0) is 37.7 Å². The lowest BCUT2D eigenvalue weighted by molar-refractivity contribution is -0.122. The minimum atomic E-state index is -0.490. The molecule has 4 N–H and O–H groups in total. The normalized spacial score (nSPS) is 16.5. The lowest BCUT2D eigenvalue weighted by Crippen LogP contribution is -2.43. The summed E-state index contributed by atoms with van der Waals surface area (Å²) in [5.41, 5.74) is 0.525. The molecule has 7 heteroatoms. The molecule has 0 saturated heterocycles. The summed E-state index contributed by atoms with van der Waals surface area (Å²) in [5, 5.41) is 24.5. The van der Waals surface area contributed by atoms with Gasteiger partial charge >= 0.3 is 6.09 Å². The quantitative estimate of drug-likeness (QED) is 0.490. The Bertz CT molecular complexity index is 579. The van der Waals surface area contributed by atoms with Crippen molar-refractivity contribution in [1.82, 2.24) is 10.6 Å². The zero-order chi connectivity index (χ0) is 19.5. The number of aliphatic hydroxyl groups excluding tert-OH is 2. The molecule has 0 heterocycles. The third-order valence-corrected chi connectivity index (χ3v) is 5.14. The summed E-state index contributed by atoms with van der Waals surface area (Å²) in [6, 6.07) is 9.52. The summed E-state index contributed by atoms with van der Waals surface area (Å²) < 4.78 is 5.11. The van der Waals surface area contributed by atoms with Crippen LogP contribution in [0.15, 0.2) is 30.3 Å². The van der Waals surface area contributed by atoms with E-state index < -0.39 is 11.5 Å². The second kappa shape index (κ2) is 10.9. The van der Waals surface area contributed by atoms with Crippen LogP contribution in [0, 0.1) is 5.41 Å². The minimum Gasteiger partial charge on any atom is -0.445 e. The summed E-state index contributed by atoms with van der Waals surface area (Å²) in [6.45, 7) is 0.564. The van der Waals surface area contributed by atoms with Crippen molar-refractivity contribution in [1.29, 1.82) is 0 Å². The zero-order valence-corrected chi connectivity index (χ0v) is 15.7. The molecular formula is C20H30N2O5. The van der Waals surface area contributed by atoms with Gasteiger partial charge in [0.2, 0.25) is 5.91 Å². The van der Waals surface area contributed by atoms with Gasteiger partial charge in [0.25, 0.3) is 0 Å². The Balaban J connectivity index is 1.54. The van der Waals surface area contributed by atoms with E-state index >= 15 is 0 Å². The lowest BCUT2D eigenvalue weighted by atomic mass is 9.73. The number of hydrogen-bond acceptors (Lipinski definition) is 5. The Morgan fingerprint density at radius 3 is 2.41 bits per heavy atom. The third kappa shape index (κ3) is 7.19. The molecule has 0 atom stereocenters. The van der Waals surface area contributed by atoms with Crippen molar-refractivity contribution in [2.24, 2.45) is 5.41 Å². The summed E-state index contributed by atoms with van der Waals surface area (Å²) in [4.78, 5) is 23.6. The van der Waals surface area contributed by atoms with Crippen molar-refractivity contribution in [2.75, 3.05) is 19.8 Å². The Morgan fingerprint density at radius 1 is 1.11 bits per heavy atom. The molecule has 2 amide bonds. The first-order valence-electron chi connectivity index (χ1n) is 9.52. The van der Waals surface area contributed by atoms with Gasteiger partial charge in [-0.1, -0.05) is 30.3 Å². The van der Waals surface area contributed by atoms with Gasteiger partial charge in [0.1, 0.15) is 6.61 Å². The third-order valence-electron chi connectivity index (χ3n) is 5.14. The average molecular weight is 378 g/mol. The maximum absolute atomic E-state index is 12.0.